The summed E-state index contributed by atoms with van der Waals surface area (Å²) in [5.41, 5.74) is 0. The molecule has 0 radical (unpaired) electrons. The molecule has 1 nitrogen and oxygen atoms in total. The molecule has 3 heteroatoms. The van der Waals surface area contributed by atoms with Gasteiger partial charge in [-0.05, 0) is 22.6 Å². The predicted octanol–water partition coefficient (Wildman–Crippen LogP) is 2.24. The summed E-state index contributed by atoms with van der Waals surface area (Å²) < 4.78 is 2.60. The second-order valence-electron chi connectivity index (χ2n) is 2.89. The molecule has 0 aromatic rings. The maximum Gasteiger partial charge on any atom is 0.129 e. The minimum absolute atomic E-state index is 0. The first kappa shape index (κ1) is 10.4. The molecule has 1 aliphatic heterocycles. The number of nitrogens with zero attached hydrogens (tertiary/aromatic N) is 1. The van der Waals surface area contributed by atoms with Crippen LogP contribution in [0.3, 0.4) is 0 Å². The van der Waals surface area contributed by atoms with Crippen LogP contribution in [0.25, 0.3) is 0 Å². The number of hydrogen-bond acceptors (Lipinski definition) is 0. The summed E-state index contributed by atoms with van der Waals surface area (Å²) in [7, 11) is 2.35. The number of rotatable bonds is 1. The van der Waals surface area contributed by atoms with Crippen LogP contribution in [0.2, 0.25) is 0 Å². The van der Waals surface area contributed by atoms with Crippen LogP contribution in [0.15, 0.2) is 0 Å². The van der Waals surface area contributed by atoms with Crippen molar-refractivity contribution < 1.29 is 4.48 Å². The minimum Gasteiger partial charge on any atom is -0.318 e. The van der Waals surface area contributed by atoms with E-state index in [0.717, 1.165) is 0 Å². The Labute approximate surface area is 87.9 Å². The predicted molar refractivity (Wildman–Crippen MR) is 59.5 cm³/mol. The molecular formula is C6H14I2N+. The molecule has 0 unspecified atom stereocenters. The number of alkyl halides is 1. The third-order valence-corrected chi connectivity index (χ3v) is 3.58. The number of quaternary nitrogens is 1. The summed E-state index contributed by atoms with van der Waals surface area (Å²) in [6.07, 6.45) is 2.89. The molecule has 0 aromatic carbocycles. The van der Waals surface area contributed by atoms with E-state index in [1.165, 1.54) is 35.0 Å². The van der Waals surface area contributed by atoms with Gasteiger partial charge in [-0.3, -0.25) is 0 Å². The van der Waals surface area contributed by atoms with Gasteiger partial charge in [0.15, 0.2) is 0 Å². The fourth-order valence-electron chi connectivity index (χ4n) is 1.22. The van der Waals surface area contributed by atoms with Crippen molar-refractivity contribution in [2.75, 3.05) is 24.7 Å². The quantitative estimate of drug-likeness (QED) is 0.293. The zero-order chi connectivity index (χ0) is 6.04. The summed E-state index contributed by atoms with van der Waals surface area (Å²) in [5, 5.41) is 0. The molecule has 0 bridgehead atoms. The molecule has 56 valence electrons. The third kappa shape index (κ3) is 2.88. The lowest BCUT2D eigenvalue weighted by molar-refractivity contribution is -0.881. The van der Waals surface area contributed by atoms with Crippen molar-refractivity contribution in [2.24, 2.45) is 0 Å². The van der Waals surface area contributed by atoms with Crippen LogP contribution in [-0.2, 0) is 0 Å². The minimum atomic E-state index is 0. The van der Waals surface area contributed by atoms with Gasteiger partial charge in [-0.25, -0.2) is 0 Å². The fourth-order valence-corrected chi connectivity index (χ4v) is 1.90. The Balaban J connectivity index is 0.000000640. The van der Waals surface area contributed by atoms with Crippen LogP contribution < -0.4 is 0 Å². The summed E-state index contributed by atoms with van der Waals surface area (Å²) in [5.74, 6) is 0. The molecular weight excluding hydrogens is 340 g/mol. The zero-order valence-corrected chi connectivity index (χ0v) is 10.3. The van der Waals surface area contributed by atoms with Crippen LogP contribution >= 0.6 is 46.6 Å². The number of halogens is 2. The van der Waals surface area contributed by atoms with Gasteiger partial charge in [0.1, 0.15) is 4.55 Å². The molecule has 0 atom stereocenters. The summed E-state index contributed by atoms with van der Waals surface area (Å²) in [6.45, 7) is 2.81. The van der Waals surface area contributed by atoms with Gasteiger partial charge in [-0.1, -0.05) is 0 Å². The average Bonchev–Trinajstić information content (AvgIpc) is 2.17. The Kier molecular flexibility index (Phi) is 5.01. The van der Waals surface area contributed by atoms with Gasteiger partial charge in [0.05, 0.1) is 20.1 Å². The van der Waals surface area contributed by atoms with Gasteiger partial charge in [-0.15, -0.1) is 24.0 Å². The molecule has 1 aliphatic rings. The van der Waals surface area contributed by atoms with Crippen molar-refractivity contribution in [3.8, 4) is 0 Å². The van der Waals surface area contributed by atoms with Crippen molar-refractivity contribution in [2.45, 2.75) is 12.8 Å². The first-order valence-corrected chi connectivity index (χ1v) is 4.69. The molecule has 1 saturated heterocycles. The van der Waals surface area contributed by atoms with E-state index in [4.69, 9.17) is 0 Å². The van der Waals surface area contributed by atoms with Crippen molar-refractivity contribution >= 4 is 46.6 Å². The van der Waals surface area contributed by atoms with Gasteiger partial charge in [0.25, 0.3) is 0 Å². The van der Waals surface area contributed by atoms with Crippen molar-refractivity contribution in [3.63, 3.8) is 0 Å². The van der Waals surface area contributed by atoms with Gasteiger partial charge >= 0.3 is 0 Å². The van der Waals surface area contributed by atoms with Crippen LogP contribution in [0, 0.1) is 0 Å². The highest BCUT2D eigenvalue weighted by molar-refractivity contribution is 14.1. The number of likely N-dealkylation sites (tertiary alicyclic amines) is 1. The maximum absolute atomic E-state index is 2.48. The smallest absolute Gasteiger partial charge is 0.129 e. The van der Waals surface area contributed by atoms with Crippen molar-refractivity contribution in [1.82, 2.24) is 0 Å². The van der Waals surface area contributed by atoms with E-state index < -0.39 is 0 Å². The van der Waals surface area contributed by atoms with Crippen LogP contribution in [0.4, 0.5) is 0 Å². The average molecular weight is 354 g/mol. The lowest BCUT2D eigenvalue weighted by atomic mass is 10.4. The van der Waals surface area contributed by atoms with Gasteiger partial charge in [0, 0.05) is 12.8 Å². The number of hydrogen-bond donors (Lipinski definition) is 0. The third-order valence-electron chi connectivity index (χ3n) is 1.93. The molecule has 0 saturated carbocycles. The van der Waals surface area contributed by atoms with E-state index in [0.29, 0.717) is 0 Å². The molecule has 1 heterocycles. The van der Waals surface area contributed by atoms with Crippen LogP contribution in [0.5, 0.6) is 0 Å². The molecule has 9 heavy (non-hydrogen) atoms. The van der Waals surface area contributed by atoms with E-state index >= 15 is 0 Å². The first-order valence-electron chi connectivity index (χ1n) is 3.16. The normalized spacial score (nSPS) is 23.3. The van der Waals surface area contributed by atoms with E-state index in [-0.39, 0.29) is 24.0 Å². The van der Waals surface area contributed by atoms with Crippen LogP contribution in [0.1, 0.15) is 12.8 Å². The topological polar surface area (TPSA) is 0 Å². The molecule has 1 rings (SSSR count). The molecule has 0 amide bonds. The standard InChI is InChI=1S/C6H13IN.HI/c1-8(6-7)4-2-3-5-8;/h2-6H2,1H3;1H/q+1;. The first-order chi connectivity index (χ1) is 3.77. The zero-order valence-electron chi connectivity index (χ0n) is 5.77. The van der Waals surface area contributed by atoms with E-state index in [1.807, 2.05) is 0 Å². The molecule has 0 N–H and O–H groups in total. The molecule has 0 aromatic heterocycles. The molecule has 0 aliphatic carbocycles. The highest BCUT2D eigenvalue weighted by atomic mass is 127. The van der Waals surface area contributed by atoms with Gasteiger partial charge in [-0.2, -0.15) is 0 Å². The summed E-state index contributed by atoms with van der Waals surface area (Å²) in [6, 6.07) is 0. The lowest BCUT2D eigenvalue weighted by Gasteiger charge is -2.25. The lowest BCUT2D eigenvalue weighted by Crippen LogP contribution is -2.38. The van der Waals surface area contributed by atoms with Crippen LogP contribution in [-0.4, -0.2) is 29.2 Å². The highest BCUT2D eigenvalue weighted by Crippen LogP contribution is 2.17. The maximum atomic E-state index is 2.48. The van der Waals surface area contributed by atoms with Crippen molar-refractivity contribution in [1.29, 1.82) is 0 Å². The Hall–Kier alpha value is 1.42. The van der Waals surface area contributed by atoms with E-state index in [9.17, 15) is 0 Å². The SMILES string of the molecule is C[N+]1(CI)CCCC1.I. The Morgan fingerprint density at radius 3 is 2.00 bits per heavy atom. The Morgan fingerprint density at radius 1 is 1.33 bits per heavy atom. The second-order valence-corrected chi connectivity index (χ2v) is 3.58. The Bertz CT molecular complexity index is 79.1. The fraction of sp³-hybridized carbons (Fsp3) is 1.00. The monoisotopic (exact) mass is 354 g/mol. The highest BCUT2D eigenvalue weighted by Gasteiger charge is 2.24. The summed E-state index contributed by atoms with van der Waals surface area (Å²) in [4.78, 5) is 0. The van der Waals surface area contributed by atoms with E-state index in [1.54, 1.807) is 0 Å². The molecule has 0 spiro atoms. The van der Waals surface area contributed by atoms with Crippen molar-refractivity contribution in [3.05, 3.63) is 0 Å². The second kappa shape index (κ2) is 4.33. The Morgan fingerprint density at radius 2 is 1.78 bits per heavy atom. The largest absolute Gasteiger partial charge is 0.318 e. The van der Waals surface area contributed by atoms with Gasteiger partial charge < -0.3 is 4.48 Å². The summed E-state index contributed by atoms with van der Waals surface area (Å²) >= 11 is 2.48. The molecule has 1 fully saturated rings. The van der Waals surface area contributed by atoms with E-state index in [2.05, 4.69) is 29.6 Å². The van der Waals surface area contributed by atoms with Gasteiger partial charge in [0.2, 0.25) is 0 Å².